The average Bonchev–Trinajstić information content (AvgIpc) is 2.85. The Morgan fingerprint density at radius 2 is 1.51 bits per heavy atom. The van der Waals surface area contributed by atoms with Crippen LogP contribution in [0, 0.1) is 5.41 Å². The van der Waals surface area contributed by atoms with Gasteiger partial charge in [-0.25, -0.2) is 4.79 Å². The molecule has 2 amide bonds. The summed E-state index contributed by atoms with van der Waals surface area (Å²) in [6.07, 6.45) is 1.43. The molecule has 0 radical (unpaired) electrons. The van der Waals surface area contributed by atoms with Crippen molar-refractivity contribution in [1.82, 2.24) is 10.2 Å². The normalized spacial score (nSPS) is 16.2. The summed E-state index contributed by atoms with van der Waals surface area (Å²) in [6.45, 7) is 6.45. The minimum absolute atomic E-state index is 0.108. The fraction of sp³-hybridized carbons (Fsp3) is 0.393. The molecule has 1 atom stereocenters. The van der Waals surface area contributed by atoms with Crippen LogP contribution in [0.15, 0.2) is 63.9 Å². The molecular weight excluding hydrogens is 460 g/mol. The lowest BCUT2D eigenvalue weighted by atomic mass is 9.88. The van der Waals surface area contributed by atoms with Gasteiger partial charge in [0.25, 0.3) is 0 Å². The monoisotopic (exact) mass is 492 g/mol. The van der Waals surface area contributed by atoms with E-state index in [2.05, 4.69) is 53.8 Å². The maximum Gasteiger partial charge on any atom is 0.328 e. The lowest BCUT2D eigenvalue weighted by Gasteiger charge is -2.33. The minimum atomic E-state index is -0.993. The first-order valence-electron chi connectivity index (χ1n) is 11.9. The van der Waals surface area contributed by atoms with Crippen LogP contribution >= 0.6 is 11.8 Å². The number of nitrogens with zero attached hydrogens (tertiary/aromatic N) is 1. The third-order valence-corrected chi connectivity index (χ3v) is 7.61. The summed E-state index contributed by atoms with van der Waals surface area (Å²) >= 11 is 1.80. The fourth-order valence-electron chi connectivity index (χ4n) is 4.46. The molecular formula is C28H32N2O4S. The lowest BCUT2D eigenvalue weighted by molar-refractivity contribution is -0.149. The second kappa shape index (κ2) is 10.3. The third-order valence-electron chi connectivity index (χ3n) is 6.46. The van der Waals surface area contributed by atoms with Gasteiger partial charge in [-0.05, 0) is 41.7 Å². The summed E-state index contributed by atoms with van der Waals surface area (Å²) in [7, 11) is 1.26. The van der Waals surface area contributed by atoms with E-state index in [0.717, 1.165) is 12.8 Å². The molecule has 0 aliphatic carbocycles. The average molecular weight is 493 g/mol. The molecule has 1 N–H and O–H groups in total. The molecule has 2 aliphatic rings. The van der Waals surface area contributed by atoms with Crippen LogP contribution in [0.2, 0.25) is 0 Å². The van der Waals surface area contributed by atoms with Crippen LogP contribution in [0.1, 0.15) is 51.2 Å². The van der Waals surface area contributed by atoms with E-state index >= 15 is 0 Å². The van der Waals surface area contributed by atoms with Gasteiger partial charge in [-0.2, -0.15) is 0 Å². The molecule has 2 heterocycles. The number of likely N-dealkylation sites (tertiary alicyclic amines) is 1. The van der Waals surface area contributed by atoms with Gasteiger partial charge in [-0.15, -0.1) is 0 Å². The van der Waals surface area contributed by atoms with Crippen LogP contribution in [0.25, 0.3) is 5.57 Å². The zero-order valence-electron chi connectivity index (χ0n) is 20.7. The summed E-state index contributed by atoms with van der Waals surface area (Å²) in [5.74, 6) is -1.05. The van der Waals surface area contributed by atoms with Gasteiger partial charge in [-0.1, -0.05) is 74.5 Å². The Morgan fingerprint density at radius 1 is 0.971 bits per heavy atom. The zero-order chi connectivity index (χ0) is 25.2. The summed E-state index contributed by atoms with van der Waals surface area (Å²) in [5, 5.41) is 2.69. The van der Waals surface area contributed by atoms with Crippen molar-refractivity contribution >= 4 is 35.1 Å². The van der Waals surface area contributed by atoms with Crippen molar-refractivity contribution in [3.05, 3.63) is 65.2 Å². The lowest BCUT2D eigenvalue weighted by Crippen LogP contribution is -2.49. The maximum atomic E-state index is 13.1. The Bertz CT molecular complexity index is 1120. The summed E-state index contributed by atoms with van der Waals surface area (Å²) in [4.78, 5) is 42.1. The summed E-state index contributed by atoms with van der Waals surface area (Å²) in [5.41, 5.74) is 4.46. The second-order valence-electron chi connectivity index (χ2n) is 9.96. The van der Waals surface area contributed by atoms with Crippen molar-refractivity contribution in [1.29, 1.82) is 0 Å². The van der Waals surface area contributed by atoms with E-state index in [0.29, 0.717) is 13.1 Å². The van der Waals surface area contributed by atoms with Crippen LogP contribution in [0.5, 0.6) is 0 Å². The van der Waals surface area contributed by atoms with Gasteiger partial charge >= 0.3 is 5.97 Å². The number of benzene rings is 2. The summed E-state index contributed by atoms with van der Waals surface area (Å²) in [6, 6.07) is 16.0. The largest absolute Gasteiger partial charge is 0.467 e. The van der Waals surface area contributed by atoms with Crippen molar-refractivity contribution in [2.75, 3.05) is 20.2 Å². The number of esters is 1. The van der Waals surface area contributed by atoms with Gasteiger partial charge in [0.2, 0.25) is 11.8 Å². The van der Waals surface area contributed by atoms with Crippen LogP contribution in [-0.4, -0.2) is 48.9 Å². The van der Waals surface area contributed by atoms with Crippen molar-refractivity contribution in [3.8, 4) is 0 Å². The Kier molecular flexibility index (Phi) is 7.36. The Morgan fingerprint density at radius 3 is 2.03 bits per heavy atom. The number of hydrogen-bond donors (Lipinski definition) is 1. The third kappa shape index (κ3) is 5.45. The first-order chi connectivity index (χ1) is 16.7. The predicted molar refractivity (Wildman–Crippen MR) is 137 cm³/mol. The smallest absolute Gasteiger partial charge is 0.328 e. The van der Waals surface area contributed by atoms with E-state index in [-0.39, 0.29) is 18.2 Å². The van der Waals surface area contributed by atoms with Crippen molar-refractivity contribution < 1.29 is 19.1 Å². The molecule has 2 aliphatic heterocycles. The van der Waals surface area contributed by atoms with Gasteiger partial charge in [0, 0.05) is 28.3 Å². The maximum absolute atomic E-state index is 13.1. The van der Waals surface area contributed by atoms with E-state index in [4.69, 9.17) is 4.74 Å². The number of carbonyl (C=O) groups excluding carboxylic acids is 3. The highest BCUT2D eigenvalue weighted by molar-refractivity contribution is 7.99. The number of carbonyl (C=O) groups is 3. The van der Waals surface area contributed by atoms with Crippen LogP contribution in [0.3, 0.4) is 0 Å². The molecule has 0 unspecified atom stereocenters. The minimum Gasteiger partial charge on any atom is -0.467 e. The van der Waals surface area contributed by atoms with Crippen LogP contribution < -0.4 is 5.32 Å². The number of rotatable bonds is 4. The first kappa shape index (κ1) is 25.0. The van der Waals surface area contributed by atoms with E-state index in [9.17, 15) is 14.4 Å². The molecule has 35 heavy (non-hydrogen) atoms. The standard InChI is InChI=1S/C28H32N2O4S/c1-28(2,3)27(33)29-21(26(32)34-4)17-24(31)30-15-13-18(14-16-30)25-19-9-5-7-11-22(19)35-23-12-8-6-10-20(23)25/h5-12,21H,13-17H2,1-4H3,(H,29,33)/t21-/m1/s1. The zero-order valence-corrected chi connectivity index (χ0v) is 21.5. The van der Waals surface area contributed by atoms with Gasteiger partial charge in [0.05, 0.1) is 13.5 Å². The molecule has 1 saturated heterocycles. The highest BCUT2D eigenvalue weighted by Crippen LogP contribution is 2.47. The summed E-state index contributed by atoms with van der Waals surface area (Å²) < 4.78 is 4.84. The molecule has 4 rings (SSSR count). The molecule has 0 aromatic heterocycles. The highest BCUT2D eigenvalue weighted by atomic mass is 32.2. The number of amides is 2. The molecule has 0 spiro atoms. The predicted octanol–water partition coefficient (Wildman–Crippen LogP) is 4.67. The number of methoxy groups -OCH3 is 1. The fourth-order valence-corrected chi connectivity index (χ4v) is 5.55. The van der Waals surface area contributed by atoms with Gasteiger partial charge in [0.1, 0.15) is 6.04 Å². The van der Waals surface area contributed by atoms with Gasteiger partial charge < -0.3 is 15.0 Å². The highest BCUT2D eigenvalue weighted by Gasteiger charge is 2.32. The number of piperidine rings is 1. The van der Waals surface area contributed by atoms with Gasteiger partial charge in [-0.3, -0.25) is 9.59 Å². The van der Waals surface area contributed by atoms with E-state index in [1.807, 2.05) is 0 Å². The van der Waals surface area contributed by atoms with Crippen LogP contribution in [-0.2, 0) is 19.1 Å². The molecule has 0 saturated carbocycles. The van der Waals surface area contributed by atoms with Crippen molar-refractivity contribution in [2.24, 2.45) is 5.41 Å². The second-order valence-corrected chi connectivity index (χ2v) is 11.0. The number of fused-ring (bicyclic) bond motifs is 2. The van der Waals surface area contributed by atoms with Crippen LogP contribution in [0.4, 0.5) is 0 Å². The molecule has 6 nitrogen and oxygen atoms in total. The molecule has 2 aromatic rings. The Balaban J connectivity index is 1.50. The molecule has 1 fully saturated rings. The van der Waals surface area contributed by atoms with Crippen molar-refractivity contribution in [2.45, 2.75) is 55.9 Å². The number of nitrogens with one attached hydrogen (secondary N) is 1. The Hall–Kier alpha value is -3.06. The Labute approximate surface area is 211 Å². The first-order valence-corrected chi connectivity index (χ1v) is 12.8. The van der Waals surface area contributed by atoms with E-state index < -0.39 is 17.4 Å². The van der Waals surface area contributed by atoms with E-state index in [1.165, 1.54) is 39.2 Å². The SMILES string of the molecule is COC(=O)[C@@H](CC(=O)N1CCC(=C2c3ccccc3Sc3ccccc32)CC1)NC(=O)C(C)(C)C. The molecule has 2 aromatic carbocycles. The molecule has 0 bridgehead atoms. The topological polar surface area (TPSA) is 75.7 Å². The molecule has 7 heteroatoms. The van der Waals surface area contributed by atoms with Gasteiger partial charge in [0.15, 0.2) is 0 Å². The molecule has 184 valence electrons. The quantitative estimate of drug-likeness (QED) is 0.536. The van der Waals surface area contributed by atoms with Crippen molar-refractivity contribution in [3.63, 3.8) is 0 Å². The van der Waals surface area contributed by atoms with E-state index in [1.54, 1.807) is 37.4 Å². The number of ether oxygens (including phenoxy) is 1. The number of hydrogen-bond acceptors (Lipinski definition) is 5.